The van der Waals surface area contributed by atoms with E-state index in [1.54, 1.807) is 36.4 Å². The molecule has 0 aromatic heterocycles. The predicted molar refractivity (Wildman–Crippen MR) is 126 cm³/mol. The molecule has 1 N–H and O–H groups in total. The molecule has 0 unspecified atom stereocenters. The average molecular weight is 491 g/mol. The molecule has 0 saturated carbocycles. The summed E-state index contributed by atoms with van der Waals surface area (Å²) in [4.78, 5) is 12.8. The lowest BCUT2D eigenvalue weighted by Crippen LogP contribution is -2.38. The standard InChI is InChI=1S/C25H25F3N2O3S/c1-17(2)19-6-12-22(13-7-19)30(34(32,33)23-14-4-18(3)5-15-23)16-24(31)29-21-10-8-20(9-11-21)25(26,27)28/h4-15,17H,16H2,1-3H3,(H,29,31). The molecule has 0 heterocycles. The van der Waals surface area contributed by atoms with Gasteiger partial charge in [0.05, 0.1) is 16.1 Å². The SMILES string of the molecule is Cc1ccc(S(=O)(=O)N(CC(=O)Nc2ccc(C(F)(F)F)cc2)c2ccc(C(C)C)cc2)cc1. The Balaban J connectivity index is 1.90. The molecule has 3 aromatic rings. The van der Waals surface area contributed by atoms with E-state index in [-0.39, 0.29) is 16.5 Å². The zero-order valence-corrected chi connectivity index (χ0v) is 19.7. The lowest BCUT2D eigenvalue weighted by atomic mass is 10.0. The Morgan fingerprint density at radius 3 is 1.97 bits per heavy atom. The smallest absolute Gasteiger partial charge is 0.325 e. The predicted octanol–water partition coefficient (Wildman–Crippen LogP) is 5.97. The highest BCUT2D eigenvalue weighted by atomic mass is 32.2. The molecule has 3 rings (SSSR count). The summed E-state index contributed by atoms with van der Waals surface area (Å²) in [6.45, 7) is 5.29. The van der Waals surface area contributed by atoms with Crippen LogP contribution >= 0.6 is 0 Å². The molecule has 0 saturated heterocycles. The fourth-order valence-electron chi connectivity index (χ4n) is 3.25. The first-order valence-corrected chi connectivity index (χ1v) is 12.0. The third-order valence-corrected chi connectivity index (χ3v) is 7.03. The number of carbonyl (C=O) groups excluding carboxylic acids is 1. The second-order valence-corrected chi connectivity index (χ2v) is 10.1. The lowest BCUT2D eigenvalue weighted by molar-refractivity contribution is -0.137. The van der Waals surface area contributed by atoms with Crippen LogP contribution in [0.2, 0.25) is 0 Å². The van der Waals surface area contributed by atoms with Crippen LogP contribution in [0.5, 0.6) is 0 Å². The maximum absolute atomic E-state index is 13.4. The second-order valence-electron chi connectivity index (χ2n) is 8.19. The number of benzene rings is 3. The summed E-state index contributed by atoms with van der Waals surface area (Å²) in [5, 5.41) is 2.47. The van der Waals surface area contributed by atoms with Crippen LogP contribution in [0.25, 0.3) is 0 Å². The molecule has 180 valence electrons. The number of halogens is 3. The highest BCUT2D eigenvalue weighted by Gasteiger charge is 2.30. The summed E-state index contributed by atoms with van der Waals surface area (Å²) in [5.74, 6) is -0.456. The summed E-state index contributed by atoms with van der Waals surface area (Å²) >= 11 is 0. The molecule has 1 amide bonds. The van der Waals surface area contributed by atoms with Gasteiger partial charge in [-0.2, -0.15) is 13.2 Å². The monoisotopic (exact) mass is 490 g/mol. The van der Waals surface area contributed by atoms with E-state index in [9.17, 15) is 26.4 Å². The fourth-order valence-corrected chi connectivity index (χ4v) is 4.67. The largest absolute Gasteiger partial charge is 0.416 e. The van der Waals surface area contributed by atoms with Crippen LogP contribution in [0.3, 0.4) is 0 Å². The number of carbonyl (C=O) groups is 1. The minimum atomic E-state index is -4.50. The zero-order valence-electron chi connectivity index (χ0n) is 18.9. The molecular weight excluding hydrogens is 465 g/mol. The Morgan fingerprint density at radius 1 is 0.912 bits per heavy atom. The first kappa shape index (κ1) is 25.3. The quantitative estimate of drug-likeness (QED) is 0.444. The molecule has 0 aliphatic heterocycles. The number of nitrogens with zero attached hydrogens (tertiary/aromatic N) is 1. The van der Waals surface area contributed by atoms with Gasteiger partial charge in [0, 0.05) is 5.69 Å². The fraction of sp³-hybridized carbons (Fsp3) is 0.240. The lowest BCUT2D eigenvalue weighted by Gasteiger charge is -2.24. The van der Waals surface area contributed by atoms with E-state index in [0.29, 0.717) is 5.69 Å². The van der Waals surface area contributed by atoms with Crippen LogP contribution in [0.1, 0.15) is 36.5 Å². The van der Waals surface area contributed by atoms with E-state index in [0.717, 1.165) is 39.7 Å². The summed E-state index contributed by atoms with van der Waals surface area (Å²) < 4.78 is 66.2. The average Bonchev–Trinajstić information content (AvgIpc) is 2.77. The van der Waals surface area contributed by atoms with E-state index in [1.165, 1.54) is 12.1 Å². The molecule has 0 aliphatic rings. The van der Waals surface area contributed by atoms with Crippen molar-refractivity contribution in [1.82, 2.24) is 0 Å². The second kappa shape index (κ2) is 9.89. The Labute approximate surface area is 197 Å². The number of aryl methyl sites for hydroxylation is 1. The maximum atomic E-state index is 13.4. The Hall–Kier alpha value is -3.33. The van der Waals surface area contributed by atoms with Crippen LogP contribution < -0.4 is 9.62 Å². The van der Waals surface area contributed by atoms with Gasteiger partial charge >= 0.3 is 6.18 Å². The van der Waals surface area contributed by atoms with Crippen LogP contribution in [-0.4, -0.2) is 20.9 Å². The molecule has 9 heteroatoms. The molecule has 3 aromatic carbocycles. The normalized spacial score (nSPS) is 12.0. The maximum Gasteiger partial charge on any atom is 0.416 e. The van der Waals surface area contributed by atoms with Gasteiger partial charge in [0.2, 0.25) is 5.91 Å². The van der Waals surface area contributed by atoms with Crippen molar-refractivity contribution in [2.24, 2.45) is 0 Å². The number of anilines is 2. The molecule has 0 fully saturated rings. The van der Waals surface area contributed by atoms with Crippen LogP contribution in [0.4, 0.5) is 24.5 Å². The van der Waals surface area contributed by atoms with Gasteiger partial charge in [-0.05, 0) is 66.9 Å². The van der Waals surface area contributed by atoms with Gasteiger partial charge in [0.15, 0.2) is 0 Å². The number of alkyl halides is 3. The molecule has 0 aliphatic carbocycles. The van der Waals surface area contributed by atoms with Gasteiger partial charge in [0.25, 0.3) is 10.0 Å². The number of sulfonamides is 1. The van der Waals surface area contributed by atoms with Crippen molar-refractivity contribution in [3.63, 3.8) is 0 Å². The third-order valence-electron chi connectivity index (χ3n) is 5.24. The molecule has 0 spiro atoms. The summed E-state index contributed by atoms with van der Waals surface area (Å²) in [5.41, 5.74) is 1.46. The van der Waals surface area contributed by atoms with E-state index in [1.807, 2.05) is 20.8 Å². The van der Waals surface area contributed by atoms with Gasteiger partial charge in [-0.1, -0.05) is 43.7 Å². The van der Waals surface area contributed by atoms with Crippen molar-refractivity contribution in [2.75, 3.05) is 16.2 Å². The molecule has 5 nitrogen and oxygen atoms in total. The number of rotatable bonds is 7. The van der Waals surface area contributed by atoms with Crippen molar-refractivity contribution in [3.8, 4) is 0 Å². The van der Waals surface area contributed by atoms with Gasteiger partial charge < -0.3 is 5.32 Å². The van der Waals surface area contributed by atoms with E-state index in [2.05, 4.69) is 5.32 Å². The summed E-state index contributed by atoms with van der Waals surface area (Å²) in [6.07, 6.45) is -4.50. The molecule has 0 bridgehead atoms. The van der Waals surface area contributed by atoms with Crippen molar-refractivity contribution in [2.45, 2.75) is 37.8 Å². The summed E-state index contributed by atoms with van der Waals surface area (Å²) in [6, 6.07) is 17.1. The Morgan fingerprint density at radius 2 is 1.47 bits per heavy atom. The first-order valence-electron chi connectivity index (χ1n) is 10.5. The first-order chi connectivity index (χ1) is 15.9. The molecule has 34 heavy (non-hydrogen) atoms. The topological polar surface area (TPSA) is 66.5 Å². The molecule has 0 atom stereocenters. The van der Waals surface area contributed by atoms with E-state index >= 15 is 0 Å². The van der Waals surface area contributed by atoms with Crippen LogP contribution in [0, 0.1) is 6.92 Å². The minimum Gasteiger partial charge on any atom is -0.325 e. The van der Waals surface area contributed by atoms with Crippen molar-refractivity contribution in [1.29, 1.82) is 0 Å². The van der Waals surface area contributed by atoms with E-state index in [4.69, 9.17) is 0 Å². The number of hydrogen-bond acceptors (Lipinski definition) is 3. The number of hydrogen-bond donors (Lipinski definition) is 1. The molecule has 0 radical (unpaired) electrons. The van der Waals surface area contributed by atoms with Crippen molar-refractivity contribution in [3.05, 3.63) is 89.5 Å². The van der Waals surface area contributed by atoms with Gasteiger partial charge in [-0.3, -0.25) is 9.10 Å². The highest BCUT2D eigenvalue weighted by molar-refractivity contribution is 7.92. The van der Waals surface area contributed by atoms with Crippen LogP contribution in [-0.2, 0) is 21.0 Å². The minimum absolute atomic E-state index is 0.0216. The van der Waals surface area contributed by atoms with Gasteiger partial charge in [0.1, 0.15) is 6.54 Å². The number of nitrogens with one attached hydrogen (secondary N) is 1. The summed E-state index contributed by atoms with van der Waals surface area (Å²) in [7, 11) is -4.09. The van der Waals surface area contributed by atoms with Crippen LogP contribution in [0.15, 0.2) is 77.7 Å². The Bertz CT molecular complexity index is 1240. The molecular formula is C25H25F3N2O3S. The highest BCUT2D eigenvalue weighted by Crippen LogP contribution is 2.30. The van der Waals surface area contributed by atoms with Gasteiger partial charge in [-0.15, -0.1) is 0 Å². The van der Waals surface area contributed by atoms with Crippen molar-refractivity contribution < 1.29 is 26.4 Å². The number of amides is 1. The Kier molecular flexibility index (Phi) is 7.35. The van der Waals surface area contributed by atoms with Gasteiger partial charge in [-0.25, -0.2) is 8.42 Å². The van der Waals surface area contributed by atoms with E-state index < -0.39 is 34.2 Å². The third kappa shape index (κ3) is 5.96. The zero-order chi connectivity index (χ0) is 25.1. The van der Waals surface area contributed by atoms with Crippen molar-refractivity contribution >= 4 is 27.3 Å².